The van der Waals surface area contributed by atoms with E-state index >= 15 is 0 Å². The van der Waals surface area contributed by atoms with Gasteiger partial charge >= 0.3 is 17.1 Å². The summed E-state index contributed by atoms with van der Waals surface area (Å²) < 4.78 is 129. The van der Waals surface area contributed by atoms with E-state index in [2.05, 4.69) is 0 Å². The molecule has 1 rings (SSSR count). The first kappa shape index (κ1) is 27.3. The summed E-state index contributed by atoms with van der Waals surface area (Å²) >= 11 is 0. The highest BCUT2D eigenvalue weighted by atomic mass is 32.3. The maximum absolute atomic E-state index is 14.2. The maximum atomic E-state index is 14.2. The van der Waals surface area contributed by atoms with Crippen molar-refractivity contribution >= 4 is 26.6 Å². The van der Waals surface area contributed by atoms with Crippen molar-refractivity contribution in [3.05, 3.63) is 0 Å². The minimum atomic E-state index is -6.18. The van der Waals surface area contributed by atoms with Crippen LogP contribution in [0.5, 0.6) is 0 Å². The molecule has 1 saturated heterocycles. The molecule has 0 aromatic rings. The molecule has 180 valence electrons. The van der Waals surface area contributed by atoms with Crippen LogP contribution in [0.3, 0.4) is 0 Å². The van der Waals surface area contributed by atoms with Crippen molar-refractivity contribution in [2.45, 2.75) is 62.8 Å². The summed E-state index contributed by atoms with van der Waals surface area (Å²) in [7, 11) is -11.7. The van der Waals surface area contributed by atoms with Gasteiger partial charge in [-0.2, -0.15) is 21.9 Å². The summed E-state index contributed by atoms with van der Waals surface area (Å²) in [5, 5.41) is -6.09. The van der Waals surface area contributed by atoms with Crippen LogP contribution in [0.15, 0.2) is 0 Å². The fourth-order valence-electron chi connectivity index (χ4n) is 2.40. The average molecular weight is 493 g/mol. The molecule has 30 heavy (non-hydrogen) atoms. The fourth-order valence-corrected chi connectivity index (χ4v) is 4.67. The van der Waals surface area contributed by atoms with Gasteiger partial charge in [0.2, 0.25) is 0 Å². The molecule has 0 saturated carbocycles. The first-order chi connectivity index (χ1) is 13.4. The molecule has 0 aromatic carbocycles. The van der Waals surface area contributed by atoms with Gasteiger partial charge in [0, 0.05) is 13.1 Å². The SMILES string of the molecule is CCC(C)(C)C(=O)OC1CCN(S(=O)(=O)C(F)(F)C(F)(F)C(F)S(O)(O)CF)CC1. The van der Waals surface area contributed by atoms with E-state index in [0.717, 1.165) is 0 Å². The van der Waals surface area contributed by atoms with Crippen LogP contribution in [-0.2, 0) is 19.6 Å². The number of nitrogens with zero attached hydrogens (tertiary/aromatic N) is 1. The van der Waals surface area contributed by atoms with Crippen LogP contribution in [-0.4, -0.2) is 69.7 Å². The molecule has 15 heteroatoms. The van der Waals surface area contributed by atoms with Crippen LogP contribution in [0.1, 0.15) is 40.0 Å². The van der Waals surface area contributed by atoms with Gasteiger partial charge in [0.05, 0.1) is 5.41 Å². The molecule has 1 aliphatic rings. The summed E-state index contributed by atoms with van der Waals surface area (Å²) in [6, 6.07) is -2.50. The Morgan fingerprint density at radius 3 is 2.03 bits per heavy atom. The third-order valence-corrected chi connectivity index (χ3v) is 8.19. The lowest BCUT2D eigenvalue weighted by Crippen LogP contribution is -2.59. The number of carbonyl (C=O) groups excluding carboxylic acids is 1. The Morgan fingerprint density at radius 1 is 1.17 bits per heavy atom. The lowest BCUT2D eigenvalue weighted by Gasteiger charge is -2.40. The van der Waals surface area contributed by atoms with Crippen molar-refractivity contribution in [1.82, 2.24) is 4.31 Å². The predicted octanol–water partition coefficient (Wildman–Crippen LogP) is 3.96. The van der Waals surface area contributed by atoms with Gasteiger partial charge in [-0.1, -0.05) is 6.92 Å². The maximum Gasteiger partial charge on any atom is 0.425 e. The lowest BCUT2D eigenvalue weighted by molar-refractivity contribution is -0.180. The monoisotopic (exact) mass is 493 g/mol. The molecule has 1 aliphatic heterocycles. The number of piperidine rings is 1. The number of carbonyl (C=O) groups is 1. The first-order valence-electron chi connectivity index (χ1n) is 8.79. The van der Waals surface area contributed by atoms with Crippen LogP contribution in [0.25, 0.3) is 0 Å². The van der Waals surface area contributed by atoms with Gasteiger partial charge in [0.1, 0.15) is 6.10 Å². The number of esters is 1. The van der Waals surface area contributed by atoms with E-state index in [0.29, 0.717) is 6.42 Å². The summed E-state index contributed by atoms with van der Waals surface area (Å²) in [6.07, 6.45) is -0.949. The van der Waals surface area contributed by atoms with E-state index in [1.807, 2.05) is 0 Å². The Hall–Kier alpha value is -0.770. The minimum absolute atomic E-state index is 0.0237. The molecular formula is C15H25F6NO6S2. The number of hydrogen-bond acceptors (Lipinski definition) is 6. The zero-order chi connectivity index (χ0) is 23.8. The number of ether oxygens (including phenoxy) is 1. The van der Waals surface area contributed by atoms with Crippen molar-refractivity contribution < 1.29 is 53.4 Å². The molecule has 7 nitrogen and oxygen atoms in total. The summed E-state index contributed by atoms with van der Waals surface area (Å²) in [4.78, 5) is 12.0. The summed E-state index contributed by atoms with van der Waals surface area (Å²) in [5.41, 5.74) is -5.39. The Kier molecular flexibility index (Phi) is 8.18. The van der Waals surface area contributed by atoms with Crippen molar-refractivity contribution in [3.63, 3.8) is 0 Å². The van der Waals surface area contributed by atoms with Gasteiger partial charge in [-0.25, -0.2) is 17.2 Å². The highest BCUT2D eigenvalue weighted by Gasteiger charge is 2.73. The molecule has 1 unspecified atom stereocenters. The van der Waals surface area contributed by atoms with Crippen molar-refractivity contribution in [3.8, 4) is 0 Å². The number of hydrogen-bond donors (Lipinski definition) is 2. The zero-order valence-electron chi connectivity index (χ0n) is 16.5. The second kappa shape index (κ2) is 9.00. The van der Waals surface area contributed by atoms with Crippen molar-refractivity contribution in [2.24, 2.45) is 5.41 Å². The topological polar surface area (TPSA) is 104 Å². The molecule has 2 N–H and O–H groups in total. The van der Waals surface area contributed by atoms with E-state index in [1.54, 1.807) is 20.8 Å². The van der Waals surface area contributed by atoms with Crippen molar-refractivity contribution in [2.75, 3.05) is 19.1 Å². The molecule has 0 bridgehead atoms. The largest absolute Gasteiger partial charge is 0.462 e. The van der Waals surface area contributed by atoms with Gasteiger partial charge in [-0.05, 0) is 33.1 Å². The Labute approximate surface area is 172 Å². The third-order valence-electron chi connectivity index (χ3n) is 4.94. The molecule has 0 spiro atoms. The number of sulfonamides is 1. The second-order valence-electron chi connectivity index (χ2n) is 7.53. The smallest absolute Gasteiger partial charge is 0.425 e. The van der Waals surface area contributed by atoms with Gasteiger partial charge in [0.25, 0.3) is 15.5 Å². The van der Waals surface area contributed by atoms with Crippen LogP contribution < -0.4 is 0 Å². The Morgan fingerprint density at radius 2 is 1.63 bits per heavy atom. The van der Waals surface area contributed by atoms with Crippen LogP contribution >= 0.6 is 10.6 Å². The zero-order valence-corrected chi connectivity index (χ0v) is 18.1. The number of alkyl halides is 6. The molecule has 0 radical (unpaired) electrons. The first-order valence-corrected chi connectivity index (χ1v) is 12.0. The van der Waals surface area contributed by atoms with E-state index in [9.17, 15) is 39.6 Å². The van der Waals surface area contributed by atoms with Crippen LogP contribution in [0.4, 0.5) is 26.3 Å². The highest BCUT2D eigenvalue weighted by Crippen LogP contribution is 2.57. The molecule has 0 aliphatic carbocycles. The Bertz CT molecular complexity index is 725. The van der Waals surface area contributed by atoms with E-state index in [1.165, 1.54) is 0 Å². The molecule has 0 aromatic heterocycles. The second-order valence-corrected chi connectivity index (χ2v) is 11.6. The summed E-state index contributed by atoms with van der Waals surface area (Å²) in [5.74, 6) is -6.72. The number of rotatable bonds is 9. The molecule has 1 fully saturated rings. The molecule has 0 amide bonds. The summed E-state index contributed by atoms with van der Waals surface area (Å²) in [6.45, 7) is 3.48. The minimum Gasteiger partial charge on any atom is -0.462 e. The van der Waals surface area contributed by atoms with Gasteiger partial charge in [-0.3, -0.25) is 13.9 Å². The molecular weight excluding hydrogens is 468 g/mol. The van der Waals surface area contributed by atoms with E-state index < -0.39 is 73.9 Å². The van der Waals surface area contributed by atoms with Gasteiger partial charge in [-0.15, -0.1) is 10.6 Å². The molecule has 1 atom stereocenters. The molecule has 1 heterocycles. The van der Waals surface area contributed by atoms with Crippen molar-refractivity contribution in [1.29, 1.82) is 0 Å². The third kappa shape index (κ3) is 5.00. The number of halogens is 6. The predicted molar refractivity (Wildman–Crippen MR) is 97.3 cm³/mol. The van der Waals surface area contributed by atoms with Crippen LogP contribution in [0.2, 0.25) is 0 Å². The average Bonchev–Trinajstić information content (AvgIpc) is 2.67. The Balaban J connectivity index is 2.96. The van der Waals surface area contributed by atoms with E-state index in [-0.39, 0.29) is 17.1 Å². The lowest BCUT2D eigenvalue weighted by atomic mass is 9.90. The normalized spacial score (nSPS) is 20.1. The van der Waals surface area contributed by atoms with Crippen LogP contribution in [0, 0.1) is 5.41 Å². The van der Waals surface area contributed by atoms with Gasteiger partial charge in [0.15, 0.2) is 6.01 Å². The standard InChI is InChI=1S/C15H25F6NO6S2/c1-4-13(2,3)12(23)28-10-5-7-22(8-6-10)30(26,27)15(20,21)14(18,19)11(17)29(24,25)9-16/h10-11,24-25H,4-9H2,1-3H3. The quantitative estimate of drug-likeness (QED) is 0.372. The van der Waals surface area contributed by atoms with E-state index in [4.69, 9.17) is 13.8 Å². The van der Waals surface area contributed by atoms with Gasteiger partial charge < -0.3 is 4.74 Å². The highest BCUT2D eigenvalue weighted by molar-refractivity contribution is 8.24. The fraction of sp³-hybridized carbons (Fsp3) is 0.933.